The molecule has 2 aromatic heterocycles. The van der Waals surface area contributed by atoms with Crippen LogP contribution in [0.3, 0.4) is 0 Å². The van der Waals surface area contributed by atoms with Gasteiger partial charge in [-0.3, -0.25) is 19.8 Å². The van der Waals surface area contributed by atoms with Crippen molar-refractivity contribution in [2.24, 2.45) is 0 Å². The van der Waals surface area contributed by atoms with E-state index in [0.29, 0.717) is 23.6 Å². The quantitative estimate of drug-likeness (QED) is 0.653. The number of hydrogen-bond donors (Lipinski definition) is 1. The standard InChI is InChI=1S/C11H13N5O2/c1-7-11(16(17)18)8(2)15(14-7)6-10-5-9(12)3-4-13-10/h3-5H,6H2,1-2H3,(H2,12,13). The summed E-state index contributed by atoms with van der Waals surface area (Å²) in [5.74, 6) is 0. The van der Waals surface area contributed by atoms with E-state index in [2.05, 4.69) is 10.1 Å². The van der Waals surface area contributed by atoms with Gasteiger partial charge in [-0.05, 0) is 26.0 Å². The summed E-state index contributed by atoms with van der Waals surface area (Å²) in [5.41, 5.74) is 7.96. The zero-order valence-corrected chi connectivity index (χ0v) is 10.1. The average molecular weight is 247 g/mol. The molecule has 0 atom stereocenters. The lowest BCUT2D eigenvalue weighted by Gasteiger charge is -2.03. The molecule has 0 radical (unpaired) electrons. The molecular formula is C11H13N5O2. The third kappa shape index (κ3) is 2.15. The van der Waals surface area contributed by atoms with Gasteiger partial charge >= 0.3 is 5.69 Å². The van der Waals surface area contributed by atoms with Crippen LogP contribution in [0, 0.1) is 24.0 Å². The Kier molecular flexibility index (Phi) is 2.97. The molecule has 0 aliphatic rings. The molecule has 0 bridgehead atoms. The Balaban J connectivity index is 2.36. The van der Waals surface area contributed by atoms with E-state index in [4.69, 9.17) is 5.73 Å². The number of nitro groups is 1. The van der Waals surface area contributed by atoms with E-state index >= 15 is 0 Å². The maximum absolute atomic E-state index is 10.9. The van der Waals surface area contributed by atoms with E-state index in [9.17, 15) is 10.1 Å². The third-order valence-electron chi connectivity index (χ3n) is 2.68. The Hall–Kier alpha value is -2.44. The summed E-state index contributed by atoms with van der Waals surface area (Å²) >= 11 is 0. The summed E-state index contributed by atoms with van der Waals surface area (Å²) < 4.78 is 1.56. The summed E-state index contributed by atoms with van der Waals surface area (Å²) in [4.78, 5) is 14.6. The predicted molar refractivity (Wildman–Crippen MR) is 66.1 cm³/mol. The first-order chi connectivity index (χ1) is 8.49. The smallest absolute Gasteiger partial charge is 0.312 e. The molecule has 0 saturated carbocycles. The monoisotopic (exact) mass is 247 g/mol. The number of anilines is 1. The number of hydrogen-bond acceptors (Lipinski definition) is 5. The summed E-state index contributed by atoms with van der Waals surface area (Å²) in [7, 11) is 0. The Morgan fingerprint density at radius 3 is 2.78 bits per heavy atom. The topological polar surface area (TPSA) is 99.9 Å². The van der Waals surface area contributed by atoms with Crippen molar-refractivity contribution in [2.45, 2.75) is 20.4 Å². The van der Waals surface area contributed by atoms with Gasteiger partial charge < -0.3 is 5.73 Å². The van der Waals surface area contributed by atoms with Crippen molar-refractivity contribution in [3.05, 3.63) is 45.5 Å². The summed E-state index contributed by atoms with van der Waals surface area (Å²) in [5, 5.41) is 15.0. The van der Waals surface area contributed by atoms with E-state index < -0.39 is 4.92 Å². The highest BCUT2D eigenvalue weighted by Gasteiger charge is 2.21. The molecule has 0 aliphatic heterocycles. The van der Waals surface area contributed by atoms with Crippen LogP contribution in [0.4, 0.5) is 11.4 Å². The fourth-order valence-electron chi connectivity index (χ4n) is 1.84. The molecule has 0 spiro atoms. The minimum atomic E-state index is -0.416. The molecule has 0 unspecified atom stereocenters. The van der Waals surface area contributed by atoms with Crippen molar-refractivity contribution in [3.63, 3.8) is 0 Å². The maximum Gasteiger partial charge on any atom is 0.312 e. The SMILES string of the molecule is Cc1nn(Cc2cc(N)ccn2)c(C)c1[N+](=O)[O-]. The fraction of sp³-hybridized carbons (Fsp3) is 0.273. The third-order valence-corrected chi connectivity index (χ3v) is 2.68. The van der Waals surface area contributed by atoms with Crippen LogP contribution in [0.5, 0.6) is 0 Å². The molecule has 2 N–H and O–H groups in total. The second-order valence-electron chi connectivity index (χ2n) is 4.01. The highest BCUT2D eigenvalue weighted by molar-refractivity contribution is 5.40. The highest BCUT2D eigenvalue weighted by atomic mass is 16.6. The number of nitrogen functional groups attached to an aromatic ring is 1. The minimum Gasteiger partial charge on any atom is -0.399 e. The van der Waals surface area contributed by atoms with Gasteiger partial charge in [0.1, 0.15) is 11.4 Å². The predicted octanol–water partition coefficient (Wildman–Crippen LogP) is 1.43. The van der Waals surface area contributed by atoms with Gasteiger partial charge in [0.25, 0.3) is 0 Å². The number of aryl methyl sites for hydroxylation is 1. The van der Waals surface area contributed by atoms with Gasteiger partial charge in [0.05, 0.1) is 17.2 Å². The maximum atomic E-state index is 10.9. The molecule has 7 nitrogen and oxygen atoms in total. The van der Waals surface area contributed by atoms with E-state index in [-0.39, 0.29) is 5.69 Å². The molecule has 18 heavy (non-hydrogen) atoms. The van der Waals surface area contributed by atoms with Crippen LogP contribution in [-0.2, 0) is 6.54 Å². The first-order valence-electron chi connectivity index (χ1n) is 5.38. The van der Waals surface area contributed by atoms with Gasteiger partial charge in [-0.1, -0.05) is 0 Å². The second-order valence-corrected chi connectivity index (χ2v) is 4.01. The molecule has 0 aromatic carbocycles. The summed E-state index contributed by atoms with van der Waals surface area (Å²) in [6.45, 7) is 3.66. The van der Waals surface area contributed by atoms with Crippen molar-refractivity contribution in [3.8, 4) is 0 Å². The molecule has 7 heteroatoms. The van der Waals surface area contributed by atoms with Crippen LogP contribution >= 0.6 is 0 Å². The Bertz CT molecular complexity index is 605. The van der Waals surface area contributed by atoms with Crippen molar-refractivity contribution in [1.29, 1.82) is 0 Å². The average Bonchev–Trinajstić information content (AvgIpc) is 2.54. The van der Waals surface area contributed by atoms with Crippen LogP contribution in [0.1, 0.15) is 17.1 Å². The molecule has 0 fully saturated rings. The van der Waals surface area contributed by atoms with Gasteiger partial charge in [0.2, 0.25) is 0 Å². The zero-order chi connectivity index (χ0) is 13.3. The van der Waals surface area contributed by atoms with Crippen molar-refractivity contribution < 1.29 is 4.92 Å². The minimum absolute atomic E-state index is 0.0545. The molecule has 2 aromatic rings. The lowest BCUT2D eigenvalue weighted by Crippen LogP contribution is -2.06. The number of nitrogens with two attached hydrogens (primary N) is 1. The largest absolute Gasteiger partial charge is 0.399 e. The number of nitrogens with zero attached hydrogens (tertiary/aromatic N) is 4. The van der Waals surface area contributed by atoms with Gasteiger partial charge in [-0.2, -0.15) is 5.10 Å². The van der Waals surface area contributed by atoms with Crippen LogP contribution in [0.15, 0.2) is 18.3 Å². The van der Waals surface area contributed by atoms with Crippen molar-refractivity contribution in [2.75, 3.05) is 5.73 Å². The lowest BCUT2D eigenvalue weighted by atomic mass is 10.3. The number of aromatic nitrogens is 3. The molecule has 2 heterocycles. The summed E-state index contributed by atoms with van der Waals surface area (Å²) in [6, 6.07) is 3.41. The van der Waals surface area contributed by atoms with Crippen molar-refractivity contribution in [1.82, 2.24) is 14.8 Å². The lowest BCUT2D eigenvalue weighted by molar-refractivity contribution is -0.386. The normalized spacial score (nSPS) is 10.6. The summed E-state index contributed by atoms with van der Waals surface area (Å²) in [6.07, 6.45) is 1.60. The molecule has 0 saturated heterocycles. The number of rotatable bonds is 3. The molecule has 0 aliphatic carbocycles. The van der Waals surface area contributed by atoms with Gasteiger partial charge in [0, 0.05) is 11.9 Å². The van der Waals surface area contributed by atoms with Crippen LogP contribution in [-0.4, -0.2) is 19.7 Å². The van der Waals surface area contributed by atoms with Gasteiger partial charge in [0.15, 0.2) is 0 Å². The van der Waals surface area contributed by atoms with E-state index in [1.54, 1.807) is 36.9 Å². The van der Waals surface area contributed by atoms with Crippen molar-refractivity contribution >= 4 is 11.4 Å². The molecule has 0 amide bonds. The molecule has 94 valence electrons. The first-order valence-corrected chi connectivity index (χ1v) is 5.38. The first kappa shape index (κ1) is 12.0. The van der Waals surface area contributed by atoms with E-state index in [1.165, 1.54) is 0 Å². The Labute approximate surface area is 103 Å². The van der Waals surface area contributed by atoms with E-state index in [0.717, 1.165) is 5.69 Å². The Morgan fingerprint density at radius 2 is 2.22 bits per heavy atom. The molecule has 2 rings (SSSR count). The Morgan fingerprint density at radius 1 is 1.50 bits per heavy atom. The fourth-order valence-corrected chi connectivity index (χ4v) is 1.84. The second kappa shape index (κ2) is 4.44. The van der Waals surface area contributed by atoms with Crippen LogP contribution in [0.25, 0.3) is 0 Å². The van der Waals surface area contributed by atoms with E-state index in [1.807, 2.05) is 0 Å². The number of pyridine rings is 1. The highest BCUT2D eigenvalue weighted by Crippen LogP contribution is 2.22. The van der Waals surface area contributed by atoms with Crippen LogP contribution in [0.2, 0.25) is 0 Å². The van der Waals surface area contributed by atoms with Gasteiger partial charge in [-0.15, -0.1) is 0 Å². The van der Waals surface area contributed by atoms with Crippen LogP contribution < -0.4 is 5.73 Å². The zero-order valence-electron chi connectivity index (χ0n) is 10.1. The molecular weight excluding hydrogens is 234 g/mol. The van der Waals surface area contributed by atoms with Gasteiger partial charge in [-0.25, -0.2) is 0 Å².